The van der Waals surface area contributed by atoms with Gasteiger partial charge in [-0.3, -0.25) is 9.79 Å². The highest BCUT2D eigenvalue weighted by atomic mass is 16.2. The van der Waals surface area contributed by atoms with E-state index in [1.165, 1.54) is 0 Å². The van der Waals surface area contributed by atoms with E-state index in [0.717, 1.165) is 6.42 Å². The molecule has 0 aromatic rings. The molecular weight excluding hydrogens is 204 g/mol. The van der Waals surface area contributed by atoms with Crippen molar-refractivity contribution in [3.05, 3.63) is 0 Å². The molecule has 16 heavy (non-hydrogen) atoms. The Morgan fingerprint density at radius 3 is 2.44 bits per heavy atom. The van der Waals surface area contributed by atoms with Gasteiger partial charge in [-0.05, 0) is 11.8 Å². The number of likely N-dealkylation sites (N-methyl/N-ethyl adjacent to an activating group) is 1. The van der Waals surface area contributed by atoms with Gasteiger partial charge in [-0.1, -0.05) is 13.8 Å². The first-order valence-electron chi connectivity index (χ1n) is 5.54. The monoisotopic (exact) mass is 226 g/mol. The molecule has 0 saturated heterocycles. The van der Waals surface area contributed by atoms with Crippen molar-refractivity contribution in [1.29, 1.82) is 0 Å². The zero-order chi connectivity index (χ0) is 12.3. The predicted molar refractivity (Wildman–Crippen MR) is 65.4 cm³/mol. The fraction of sp³-hybridized carbons (Fsp3) is 0.818. The lowest BCUT2D eigenvalue weighted by Gasteiger charge is -2.15. The van der Waals surface area contributed by atoms with Crippen LogP contribution in [0.2, 0.25) is 0 Å². The fourth-order valence-corrected chi connectivity index (χ4v) is 1.39. The van der Waals surface area contributed by atoms with E-state index in [4.69, 9.17) is 0 Å². The summed E-state index contributed by atoms with van der Waals surface area (Å²) < 4.78 is 0. The largest absolute Gasteiger partial charge is 0.353 e. The SMILES string of the molecule is CN=C(NCC(=O)N(C)C)NC1CC1(C)C. The molecule has 1 saturated carbocycles. The number of hydrogen-bond donors (Lipinski definition) is 2. The number of amides is 1. The smallest absolute Gasteiger partial charge is 0.241 e. The van der Waals surface area contributed by atoms with Gasteiger partial charge in [0.1, 0.15) is 0 Å². The van der Waals surface area contributed by atoms with E-state index in [1.807, 2.05) is 0 Å². The Kier molecular flexibility index (Phi) is 3.78. The number of aliphatic imine (C=N–C) groups is 1. The second-order valence-corrected chi connectivity index (χ2v) is 5.10. The summed E-state index contributed by atoms with van der Waals surface area (Å²) in [6, 6.07) is 0.466. The van der Waals surface area contributed by atoms with Crippen molar-refractivity contribution in [2.75, 3.05) is 27.7 Å². The molecule has 1 unspecified atom stereocenters. The molecular formula is C11H22N4O. The van der Waals surface area contributed by atoms with Crippen molar-refractivity contribution in [3.63, 3.8) is 0 Å². The highest BCUT2D eigenvalue weighted by molar-refractivity contribution is 5.86. The minimum Gasteiger partial charge on any atom is -0.353 e. The number of carbonyl (C=O) groups is 1. The molecule has 1 atom stereocenters. The van der Waals surface area contributed by atoms with E-state index in [1.54, 1.807) is 26.0 Å². The molecule has 1 aliphatic rings. The van der Waals surface area contributed by atoms with Gasteiger partial charge < -0.3 is 15.5 Å². The van der Waals surface area contributed by atoms with E-state index in [0.29, 0.717) is 17.4 Å². The third-order valence-corrected chi connectivity index (χ3v) is 2.95. The lowest BCUT2D eigenvalue weighted by Crippen LogP contribution is -2.44. The van der Waals surface area contributed by atoms with E-state index in [2.05, 4.69) is 29.5 Å². The molecule has 92 valence electrons. The van der Waals surface area contributed by atoms with Crippen molar-refractivity contribution >= 4 is 11.9 Å². The Morgan fingerprint density at radius 1 is 1.50 bits per heavy atom. The van der Waals surface area contributed by atoms with Gasteiger partial charge >= 0.3 is 0 Å². The van der Waals surface area contributed by atoms with Crippen molar-refractivity contribution < 1.29 is 4.79 Å². The first kappa shape index (κ1) is 12.8. The van der Waals surface area contributed by atoms with E-state index in [9.17, 15) is 4.79 Å². The van der Waals surface area contributed by atoms with Gasteiger partial charge in [0.05, 0.1) is 6.54 Å². The molecule has 1 rings (SSSR count). The van der Waals surface area contributed by atoms with Crippen molar-refractivity contribution in [2.45, 2.75) is 26.3 Å². The van der Waals surface area contributed by atoms with Crippen LogP contribution in [0.25, 0.3) is 0 Å². The van der Waals surface area contributed by atoms with Crippen molar-refractivity contribution in [1.82, 2.24) is 15.5 Å². The Bertz CT molecular complexity index is 296. The van der Waals surface area contributed by atoms with E-state index < -0.39 is 0 Å². The number of rotatable bonds is 3. The van der Waals surface area contributed by atoms with Gasteiger partial charge in [-0.15, -0.1) is 0 Å². The maximum absolute atomic E-state index is 11.4. The van der Waals surface area contributed by atoms with Crippen LogP contribution in [-0.4, -0.2) is 50.5 Å². The van der Waals surface area contributed by atoms with Gasteiger partial charge in [0.25, 0.3) is 0 Å². The summed E-state index contributed by atoms with van der Waals surface area (Å²) in [7, 11) is 5.19. The van der Waals surface area contributed by atoms with Crippen LogP contribution < -0.4 is 10.6 Å². The molecule has 0 aliphatic heterocycles. The third-order valence-electron chi connectivity index (χ3n) is 2.95. The highest BCUT2D eigenvalue weighted by Gasteiger charge is 2.46. The second-order valence-electron chi connectivity index (χ2n) is 5.10. The molecule has 0 bridgehead atoms. The molecule has 0 heterocycles. The Balaban J connectivity index is 2.32. The number of guanidine groups is 1. The first-order chi connectivity index (χ1) is 7.36. The molecule has 5 nitrogen and oxygen atoms in total. The molecule has 1 fully saturated rings. The summed E-state index contributed by atoms with van der Waals surface area (Å²) >= 11 is 0. The van der Waals surface area contributed by atoms with Gasteiger partial charge in [0.15, 0.2) is 5.96 Å². The number of nitrogens with one attached hydrogen (secondary N) is 2. The van der Waals surface area contributed by atoms with Gasteiger partial charge in [-0.2, -0.15) is 0 Å². The molecule has 5 heteroatoms. The van der Waals surface area contributed by atoms with Gasteiger partial charge in [-0.25, -0.2) is 0 Å². The Morgan fingerprint density at radius 2 is 2.06 bits per heavy atom. The predicted octanol–water partition coefficient (Wildman–Crippen LogP) is 0.0381. The molecule has 0 aromatic heterocycles. The zero-order valence-corrected chi connectivity index (χ0v) is 10.8. The second kappa shape index (κ2) is 4.72. The lowest BCUT2D eigenvalue weighted by molar-refractivity contribution is -0.127. The molecule has 1 amide bonds. The van der Waals surface area contributed by atoms with Gasteiger partial charge in [0, 0.05) is 27.2 Å². The highest BCUT2D eigenvalue weighted by Crippen LogP contribution is 2.44. The summed E-state index contributed by atoms with van der Waals surface area (Å²) in [6.45, 7) is 4.70. The molecule has 0 spiro atoms. The normalized spacial score (nSPS) is 22.6. The summed E-state index contributed by atoms with van der Waals surface area (Å²) in [5.74, 6) is 0.740. The van der Waals surface area contributed by atoms with Crippen molar-refractivity contribution in [2.24, 2.45) is 10.4 Å². The molecule has 0 radical (unpaired) electrons. The van der Waals surface area contributed by atoms with Crippen LogP contribution in [0.4, 0.5) is 0 Å². The average Bonchev–Trinajstić information content (AvgIpc) is 2.79. The number of carbonyl (C=O) groups excluding carboxylic acids is 1. The van der Waals surface area contributed by atoms with E-state index >= 15 is 0 Å². The Hall–Kier alpha value is -1.26. The quantitative estimate of drug-likeness (QED) is 0.527. The zero-order valence-electron chi connectivity index (χ0n) is 10.8. The first-order valence-corrected chi connectivity index (χ1v) is 5.54. The maximum Gasteiger partial charge on any atom is 0.241 e. The number of hydrogen-bond acceptors (Lipinski definition) is 2. The third kappa shape index (κ3) is 3.40. The van der Waals surface area contributed by atoms with Crippen molar-refractivity contribution in [3.8, 4) is 0 Å². The van der Waals surface area contributed by atoms with Gasteiger partial charge in [0.2, 0.25) is 5.91 Å². The van der Waals surface area contributed by atoms with Crippen LogP contribution >= 0.6 is 0 Å². The topological polar surface area (TPSA) is 56.7 Å². The summed E-state index contributed by atoms with van der Waals surface area (Å²) in [5.41, 5.74) is 0.350. The molecule has 2 N–H and O–H groups in total. The minimum absolute atomic E-state index is 0.0398. The number of nitrogens with zero attached hydrogens (tertiary/aromatic N) is 2. The van der Waals surface area contributed by atoms with Crippen LogP contribution in [0.15, 0.2) is 4.99 Å². The Labute approximate surface area is 97.3 Å². The van der Waals surface area contributed by atoms with Crippen LogP contribution in [0.3, 0.4) is 0 Å². The summed E-state index contributed by atoms with van der Waals surface area (Å²) in [6.07, 6.45) is 1.15. The average molecular weight is 226 g/mol. The maximum atomic E-state index is 11.4. The fourth-order valence-electron chi connectivity index (χ4n) is 1.39. The van der Waals surface area contributed by atoms with E-state index in [-0.39, 0.29) is 12.5 Å². The standard InChI is InChI=1S/C11H22N4O/c1-11(2)6-8(11)14-10(12-3)13-7-9(16)15(4)5/h8H,6-7H2,1-5H3,(H2,12,13,14). The minimum atomic E-state index is 0.0398. The lowest BCUT2D eigenvalue weighted by atomic mass is 10.2. The van der Waals surface area contributed by atoms with Crippen LogP contribution in [-0.2, 0) is 4.79 Å². The molecule has 1 aliphatic carbocycles. The summed E-state index contributed by atoms with van der Waals surface area (Å²) in [4.78, 5) is 17.0. The van der Waals surface area contributed by atoms with Crippen LogP contribution in [0.5, 0.6) is 0 Å². The van der Waals surface area contributed by atoms with Crippen LogP contribution in [0, 0.1) is 5.41 Å². The van der Waals surface area contributed by atoms with Crippen LogP contribution in [0.1, 0.15) is 20.3 Å². The summed E-state index contributed by atoms with van der Waals surface area (Å²) in [5, 5.41) is 6.30. The molecule has 0 aromatic carbocycles.